The monoisotopic (exact) mass is 284 g/mol. The van der Waals surface area contributed by atoms with E-state index >= 15 is 0 Å². The first-order valence-corrected chi connectivity index (χ1v) is 9.17. The number of rotatable bonds is 14. The molecule has 0 rings (SSSR count). The molecule has 1 atom stereocenters. The summed E-state index contributed by atoms with van der Waals surface area (Å²) in [6, 6.07) is 0. The van der Waals surface area contributed by atoms with E-state index in [-0.39, 0.29) is 0 Å². The predicted molar refractivity (Wildman–Crippen MR) is 91.0 cm³/mol. The summed E-state index contributed by atoms with van der Waals surface area (Å²) in [5.74, 6) is 2.26. The Morgan fingerprint density at radius 2 is 0.900 bits per heavy atom. The third kappa shape index (κ3) is 14.4. The van der Waals surface area contributed by atoms with Gasteiger partial charge < -0.3 is 5.11 Å². The molecule has 1 N–H and O–H groups in total. The van der Waals surface area contributed by atoms with Crippen molar-refractivity contribution in [3.8, 4) is 0 Å². The molecule has 0 fully saturated rings. The lowest BCUT2D eigenvalue weighted by Gasteiger charge is -2.14. The van der Waals surface area contributed by atoms with Crippen LogP contribution in [0.1, 0.15) is 98.3 Å². The van der Waals surface area contributed by atoms with Crippen LogP contribution in [0.4, 0.5) is 0 Å². The van der Waals surface area contributed by atoms with Gasteiger partial charge in [0, 0.05) is 6.61 Å². The molecule has 0 aliphatic heterocycles. The lowest BCUT2D eigenvalue weighted by atomic mass is 9.94. The zero-order chi connectivity index (χ0) is 15.2. The summed E-state index contributed by atoms with van der Waals surface area (Å²) in [5.41, 5.74) is 0. The van der Waals surface area contributed by atoms with Gasteiger partial charge in [0.25, 0.3) is 0 Å². The van der Waals surface area contributed by atoms with Crippen molar-refractivity contribution in [3.05, 3.63) is 0 Å². The molecular formula is C19H40O. The summed E-state index contributed by atoms with van der Waals surface area (Å²) in [6.07, 6.45) is 14.7. The lowest BCUT2D eigenvalue weighted by Crippen LogP contribution is -2.06. The average Bonchev–Trinajstić information content (AvgIpc) is 2.39. The van der Waals surface area contributed by atoms with E-state index in [1.165, 1.54) is 70.6 Å². The van der Waals surface area contributed by atoms with Crippen LogP contribution >= 0.6 is 0 Å². The van der Waals surface area contributed by atoms with Gasteiger partial charge >= 0.3 is 0 Å². The Balaban J connectivity index is 3.36. The fraction of sp³-hybridized carbons (Fsp3) is 1.00. The van der Waals surface area contributed by atoms with Crippen molar-refractivity contribution < 1.29 is 5.11 Å². The number of aliphatic hydroxyl groups excluding tert-OH is 1. The quantitative estimate of drug-likeness (QED) is 0.377. The molecule has 0 amide bonds. The summed E-state index contributed by atoms with van der Waals surface area (Å²) < 4.78 is 0. The van der Waals surface area contributed by atoms with E-state index in [2.05, 4.69) is 27.7 Å². The van der Waals surface area contributed by atoms with Crippen molar-refractivity contribution in [2.75, 3.05) is 6.61 Å². The van der Waals surface area contributed by atoms with Gasteiger partial charge in [0.15, 0.2) is 0 Å². The average molecular weight is 285 g/mol. The van der Waals surface area contributed by atoms with Crippen LogP contribution in [0.15, 0.2) is 0 Å². The molecular weight excluding hydrogens is 244 g/mol. The molecule has 0 aromatic rings. The highest BCUT2D eigenvalue weighted by Crippen LogP contribution is 2.19. The highest BCUT2D eigenvalue weighted by Gasteiger charge is 2.07. The minimum absolute atomic E-state index is 0.398. The first-order chi connectivity index (χ1) is 9.56. The van der Waals surface area contributed by atoms with E-state index in [9.17, 15) is 5.11 Å². The van der Waals surface area contributed by atoms with Gasteiger partial charge in [0.1, 0.15) is 0 Å². The Kier molecular flexibility index (Phi) is 13.9. The number of hydrogen-bond donors (Lipinski definition) is 1. The third-order valence-corrected chi connectivity index (χ3v) is 4.30. The zero-order valence-corrected chi connectivity index (χ0v) is 14.7. The summed E-state index contributed by atoms with van der Waals surface area (Å²) in [5, 5.41) is 9.44. The third-order valence-electron chi connectivity index (χ3n) is 4.30. The molecule has 0 heterocycles. The van der Waals surface area contributed by atoms with Crippen LogP contribution in [-0.4, -0.2) is 11.7 Å². The molecule has 0 saturated carbocycles. The lowest BCUT2D eigenvalue weighted by molar-refractivity contribution is 0.203. The first kappa shape index (κ1) is 20.0. The summed E-state index contributed by atoms with van der Waals surface area (Å²) >= 11 is 0. The minimum Gasteiger partial charge on any atom is -0.396 e. The fourth-order valence-electron chi connectivity index (χ4n) is 2.83. The Labute approximate surface area is 128 Å². The Morgan fingerprint density at radius 1 is 0.550 bits per heavy atom. The summed E-state index contributed by atoms with van der Waals surface area (Å²) in [4.78, 5) is 0. The maximum atomic E-state index is 9.44. The predicted octanol–water partition coefficient (Wildman–Crippen LogP) is 6.20. The molecule has 0 saturated heterocycles. The highest BCUT2D eigenvalue weighted by atomic mass is 16.3. The van der Waals surface area contributed by atoms with Gasteiger partial charge in [0.05, 0.1) is 0 Å². The summed E-state index contributed by atoms with van der Waals surface area (Å²) in [7, 11) is 0. The van der Waals surface area contributed by atoms with E-state index in [0.717, 1.165) is 11.8 Å². The van der Waals surface area contributed by atoms with Crippen molar-refractivity contribution in [3.63, 3.8) is 0 Å². The standard InChI is InChI=1S/C19H40O/c1-17(2)12-8-6-5-7-9-14-19(16-20)15-11-10-13-18(3)4/h17-20H,5-16H2,1-4H3. The fourth-order valence-corrected chi connectivity index (χ4v) is 2.83. The molecule has 1 heteroatoms. The second kappa shape index (κ2) is 13.9. The normalized spacial score (nSPS) is 13.3. The van der Waals surface area contributed by atoms with Crippen LogP contribution in [0, 0.1) is 17.8 Å². The smallest absolute Gasteiger partial charge is 0.0459 e. The zero-order valence-electron chi connectivity index (χ0n) is 14.7. The van der Waals surface area contributed by atoms with Gasteiger partial charge in [-0.1, -0.05) is 85.5 Å². The van der Waals surface area contributed by atoms with Crippen molar-refractivity contribution in [1.29, 1.82) is 0 Å². The van der Waals surface area contributed by atoms with Gasteiger partial charge in [-0.25, -0.2) is 0 Å². The molecule has 122 valence electrons. The van der Waals surface area contributed by atoms with E-state index in [1.54, 1.807) is 0 Å². The van der Waals surface area contributed by atoms with E-state index in [1.807, 2.05) is 0 Å². The first-order valence-electron chi connectivity index (χ1n) is 9.17. The second-order valence-electron chi connectivity index (χ2n) is 7.47. The molecule has 20 heavy (non-hydrogen) atoms. The van der Waals surface area contributed by atoms with E-state index in [4.69, 9.17) is 0 Å². The van der Waals surface area contributed by atoms with Crippen molar-refractivity contribution in [1.82, 2.24) is 0 Å². The maximum absolute atomic E-state index is 9.44. The molecule has 1 nitrogen and oxygen atoms in total. The Morgan fingerprint density at radius 3 is 1.35 bits per heavy atom. The topological polar surface area (TPSA) is 20.2 Å². The van der Waals surface area contributed by atoms with Crippen LogP contribution in [0.2, 0.25) is 0 Å². The second-order valence-corrected chi connectivity index (χ2v) is 7.47. The molecule has 0 bridgehead atoms. The molecule has 0 spiro atoms. The number of aliphatic hydroxyl groups is 1. The summed E-state index contributed by atoms with van der Waals surface area (Å²) in [6.45, 7) is 9.61. The van der Waals surface area contributed by atoms with Gasteiger partial charge in [-0.3, -0.25) is 0 Å². The molecule has 0 aliphatic carbocycles. The van der Waals surface area contributed by atoms with Crippen molar-refractivity contribution in [2.45, 2.75) is 98.3 Å². The van der Waals surface area contributed by atoms with Crippen LogP contribution in [0.25, 0.3) is 0 Å². The van der Waals surface area contributed by atoms with Crippen LogP contribution in [-0.2, 0) is 0 Å². The number of hydrogen-bond acceptors (Lipinski definition) is 1. The van der Waals surface area contributed by atoms with Crippen molar-refractivity contribution >= 4 is 0 Å². The highest BCUT2D eigenvalue weighted by molar-refractivity contribution is 4.60. The largest absolute Gasteiger partial charge is 0.396 e. The van der Waals surface area contributed by atoms with Crippen LogP contribution in [0.3, 0.4) is 0 Å². The van der Waals surface area contributed by atoms with E-state index < -0.39 is 0 Å². The molecule has 0 aromatic heterocycles. The minimum atomic E-state index is 0.398. The van der Waals surface area contributed by atoms with Crippen LogP contribution < -0.4 is 0 Å². The van der Waals surface area contributed by atoms with Gasteiger partial charge in [-0.05, 0) is 30.6 Å². The number of unbranched alkanes of at least 4 members (excludes halogenated alkanes) is 5. The molecule has 0 aromatic carbocycles. The molecule has 0 radical (unpaired) electrons. The van der Waals surface area contributed by atoms with Gasteiger partial charge in [-0.15, -0.1) is 0 Å². The Bertz CT molecular complexity index is 186. The maximum Gasteiger partial charge on any atom is 0.0459 e. The molecule has 1 unspecified atom stereocenters. The van der Waals surface area contributed by atoms with Gasteiger partial charge in [-0.2, -0.15) is 0 Å². The SMILES string of the molecule is CC(C)CCCCCCCC(CO)CCCCC(C)C. The van der Waals surface area contributed by atoms with Crippen LogP contribution in [0.5, 0.6) is 0 Å². The van der Waals surface area contributed by atoms with Gasteiger partial charge in [0.2, 0.25) is 0 Å². The van der Waals surface area contributed by atoms with E-state index in [0.29, 0.717) is 12.5 Å². The molecule has 0 aliphatic rings. The van der Waals surface area contributed by atoms with Crippen molar-refractivity contribution in [2.24, 2.45) is 17.8 Å². The Hall–Kier alpha value is -0.0400.